The lowest BCUT2D eigenvalue weighted by molar-refractivity contribution is 0.146. The molecule has 14 heavy (non-hydrogen) atoms. The lowest BCUT2D eigenvalue weighted by atomic mass is 10.2. The van der Waals surface area contributed by atoms with Crippen LogP contribution < -0.4 is 10.5 Å². The maximum absolute atomic E-state index is 12.4. The van der Waals surface area contributed by atoms with E-state index in [0.717, 1.165) is 6.20 Å². The molecule has 0 aliphatic rings. The van der Waals surface area contributed by atoms with Crippen molar-refractivity contribution in [3.05, 3.63) is 17.5 Å². The highest BCUT2D eigenvalue weighted by Gasteiger charge is 2.18. The minimum Gasteiger partial charge on any atom is -0.494 e. The van der Waals surface area contributed by atoms with Crippen molar-refractivity contribution in [3.63, 3.8) is 0 Å². The number of rotatable bonds is 3. The van der Waals surface area contributed by atoms with Gasteiger partial charge in [0.1, 0.15) is 0 Å². The average molecular weight is 267 g/mol. The number of hydrogen-bond donors (Lipinski definition) is 1. The van der Waals surface area contributed by atoms with Gasteiger partial charge in [0, 0.05) is 11.5 Å². The summed E-state index contributed by atoms with van der Waals surface area (Å²) in [6.45, 7) is 0. The van der Waals surface area contributed by atoms with Gasteiger partial charge in [0.25, 0.3) is 6.43 Å². The van der Waals surface area contributed by atoms with E-state index in [4.69, 9.17) is 10.5 Å². The van der Waals surface area contributed by atoms with Crippen LogP contribution in [0.5, 0.6) is 5.75 Å². The van der Waals surface area contributed by atoms with Crippen LogP contribution in [0.15, 0.2) is 6.20 Å². The Morgan fingerprint density at radius 3 is 2.71 bits per heavy atom. The molecule has 0 saturated heterocycles. The molecule has 0 amide bonds. The third-order valence-electron chi connectivity index (χ3n) is 1.74. The summed E-state index contributed by atoms with van der Waals surface area (Å²) in [5.74, 6) is 0.00412. The Kier molecular flexibility index (Phi) is 3.62. The average Bonchev–Trinajstić information content (AvgIpc) is 2.17. The van der Waals surface area contributed by atoms with Crippen molar-refractivity contribution in [1.82, 2.24) is 4.98 Å². The molecule has 1 aromatic rings. The van der Waals surface area contributed by atoms with Crippen LogP contribution in [-0.4, -0.2) is 12.1 Å². The monoisotopic (exact) mass is 266 g/mol. The van der Waals surface area contributed by atoms with Crippen LogP contribution in [0.4, 0.5) is 14.5 Å². The predicted octanol–water partition coefficient (Wildman–Crippen LogP) is 2.50. The van der Waals surface area contributed by atoms with Gasteiger partial charge in [0.05, 0.1) is 24.1 Å². The number of hydrogen-bond acceptors (Lipinski definition) is 3. The standard InChI is InChI=1S/C8H9BrF2N2O/c1-14-7-4(8(10)11)3-13-5(2-9)6(7)12/h3,8H,2,12H2,1H3. The lowest BCUT2D eigenvalue weighted by Crippen LogP contribution is -2.03. The summed E-state index contributed by atoms with van der Waals surface area (Å²) in [5.41, 5.74) is 5.96. The fraction of sp³-hybridized carbons (Fsp3) is 0.375. The number of halogens is 3. The smallest absolute Gasteiger partial charge is 0.268 e. The molecule has 1 heterocycles. The van der Waals surface area contributed by atoms with E-state index in [9.17, 15) is 8.78 Å². The fourth-order valence-electron chi connectivity index (χ4n) is 1.05. The van der Waals surface area contributed by atoms with Crippen molar-refractivity contribution in [1.29, 1.82) is 0 Å². The summed E-state index contributed by atoms with van der Waals surface area (Å²) in [6.07, 6.45) is -1.56. The molecule has 0 aliphatic carbocycles. The molecule has 0 aliphatic heterocycles. The zero-order valence-electron chi connectivity index (χ0n) is 7.43. The van der Waals surface area contributed by atoms with Gasteiger partial charge in [-0.05, 0) is 0 Å². The number of nitrogen functional groups attached to an aromatic ring is 1. The Morgan fingerprint density at radius 1 is 1.64 bits per heavy atom. The first-order valence-corrected chi connectivity index (χ1v) is 4.89. The largest absolute Gasteiger partial charge is 0.494 e. The molecule has 0 radical (unpaired) electrons. The summed E-state index contributed by atoms with van der Waals surface area (Å²) in [5, 5.41) is 0.401. The third kappa shape index (κ3) is 1.95. The highest BCUT2D eigenvalue weighted by molar-refractivity contribution is 9.08. The van der Waals surface area contributed by atoms with Crippen molar-refractivity contribution in [2.75, 3.05) is 12.8 Å². The number of aromatic nitrogens is 1. The van der Waals surface area contributed by atoms with Gasteiger partial charge < -0.3 is 10.5 Å². The van der Waals surface area contributed by atoms with Crippen LogP contribution in [0.3, 0.4) is 0 Å². The van der Waals surface area contributed by atoms with E-state index < -0.39 is 6.43 Å². The molecule has 0 unspecified atom stereocenters. The zero-order chi connectivity index (χ0) is 10.7. The number of anilines is 1. The summed E-state index contributed by atoms with van der Waals surface area (Å²) < 4.78 is 29.7. The van der Waals surface area contributed by atoms with E-state index in [1.54, 1.807) is 0 Å². The predicted molar refractivity (Wildman–Crippen MR) is 52.8 cm³/mol. The Bertz CT molecular complexity index is 333. The van der Waals surface area contributed by atoms with Crippen LogP contribution in [0.1, 0.15) is 17.7 Å². The summed E-state index contributed by atoms with van der Waals surface area (Å²) >= 11 is 3.15. The summed E-state index contributed by atoms with van der Waals surface area (Å²) in [7, 11) is 1.30. The van der Waals surface area contributed by atoms with Gasteiger partial charge in [-0.25, -0.2) is 8.78 Å². The Balaban J connectivity index is 3.28. The Hall–Kier alpha value is -0.910. The number of nitrogens with zero attached hydrogens (tertiary/aromatic N) is 1. The minimum absolute atomic E-state index is 0.00412. The minimum atomic E-state index is -2.64. The fourth-order valence-corrected chi connectivity index (χ4v) is 1.50. The number of alkyl halides is 3. The van der Waals surface area contributed by atoms with Crippen molar-refractivity contribution in [2.24, 2.45) is 0 Å². The van der Waals surface area contributed by atoms with Crippen molar-refractivity contribution < 1.29 is 13.5 Å². The molecule has 0 atom stereocenters. The summed E-state index contributed by atoms with van der Waals surface area (Å²) in [4.78, 5) is 3.79. The second kappa shape index (κ2) is 4.54. The normalized spacial score (nSPS) is 10.6. The van der Waals surface area contributed by atoms with E-state index in [1.807, 2.05) is 0 Å². The van der Waals surface area contributed by atoms with Crippen molar-refractivity contribution >= 4 is 21.6 Å². The lowest BCUT2D eigenvalue weighted by Gasteiger charge is -2.11. The number of nitrogens with two attached hydrogens (primary N) is 1. The Labute approximate surface area is 88.4 Å². The van der Waals surface area contributed by atoms with E-state index >= 15 is 0 Å². The maximum atomic E-state index is 12.4. The number of pyridine rings is 1. The number of methoxy groups -OCH3 is 1. The molecular weight excluding hydrogens is 258 g/mol. The molecule has 6 heteroatoms. The van der Waals surface area contributed by atoms with Gasteiger partial charge in [-0.1, -0.05) is 15.9 Å². The SMILES string of the molecule is COc1c(C(F)F)cnc(CBr)c1N. The van der Waals surface area contributed by atoms with Crippen LogP contribution in [-0.2, 0) is 5.33 Å². The van der Waals surface area contributed by atoms with Gasteiger partial charge in [-0.15, -0.1) is 0 Å². The van der Waals surface area contributed by atoms with Crippen molar-refractivity contribution in [2.45, 2.75) is 11.8 Å². The summed E-state index contributed by atoms with van der Waals surface area (Å²) in [6, 6.07) is 0. The first kappa shape index (κ1) is 11.2. The molecule has 0 spiro atoms. The van der Waals surface area contributed by atoms with E-state index in [1.165, 1.54) is 7.11 Å². The van der Waals surface area contributed by atoms with E-state index in [0.29, 0.717) is 11.0 Å². The third-order valence-corrected chi connectivity index (χ3v) is 2.27. The first-order valence-electron chi connectivity index (χ1n) is 3.77. The molecular formula is C8H9BrF2N2O. The zero-order valence-corrected chi connectivity index (χ0v) is 9.01. The van der Waals surface area contributed by atoms with Gasteiger partial charge in [-0.3, -0.25) is 4.98 Å². The molecule has 0 saturated carbocycles. The van der Waals surface area contributed by atoms with Gasteiger partial charge >= 0.3 is 0 Å². The topological polar surface area (TPSA) is 48.1 Å². The first-order chi connectivity index (χ1) is 6.61. The highest BCUT2D eigenvalue weighted by atomic mass is 79.9. The molecule has 78 valence electrons. The van der Waals surface area contributed by atoms with Crippen LogP contribution in [0.2, 0.25) is 0 Å². The van der Waals surface area contributed by atoms with Gasteiger partial charge in [0.2, 0.25) is 0 Å². The van der Waals surface area contributed by atoms with Gasteiger partial charge in [-0.2, -0.15) is 0 Å². The molecule has 0 aromatic carbocycles. The second-order valence-corrected chi connectivity index (χ2v) is 3.10. The second-order valence-electron chi connectivity index (χ2n) is 2.54. The van der Waals surface area contributed by atoms with Crippen LogP contribution in [0.25, 0.3) is 0 Å². The molecule has 0 bridgehead atoms. The molecule has 2 N–H and O–H groups in total. The van der Waals surface area contributed by atoms with Crippen LogP contribution in [0, 0.1) is 0 Å². The Morgan fingerprint density at radius 2 is 2.29 bits per heavy atom. The van der Waals surface area contributed by atoms with Crippen molar-refractivity contribution in [3.8, 4) is 5.75 Å². The maximum Gasteiger partial charge on any atom is 0.268 e. The molecule has 1 aromatic heterocycles. The van der Waals surface area contributed by atoms with E-state index in [-0.39, 0.29) is 17.0 Å². The van der Waals surface area contributed by atoms with Gasteiger partial charge in [0.15, 0.2) is 5.75 Å². The quantitative estimate of drug-likeness (QED) is 0.856. The molecule has 1 rings (SSSR count). The van der Waals surface area contributed by atoms with E-state index in [2.05, 4.69) is 20.9 Å². The number of ether oxygens (including phenoxy) is 1. The molecule has 3 nitrogen and oxygen atoms in total. The molecule has 0 fully saturated rings. The van der Waals surface area contributed by atoms with Crippen LogP contribution >= 0.6 is 15.9 Å². The highest BCUT2D eigenvalue weighted by Crippen LogP contribution is 2.35.